The molecule has 0 atom stereocenters. The van der Waals surface area contributed by atoms with Gasteiger partial charge in [-0.05, 0) is 31.5 Å². The Morgan fingerprint density at radius 3 is 2.14 bits per heavy atom. The highest BCUT2D eigenvalue weighted by molar-refractivity contribution is 6.05. The molecule has 0 bridgehead atoms. The molecule has 146 valence electrons. The van der Waals surface area contributed by atoms with Gasteiger partial charge in [0.2, 0.25) is 0 Å². The first kappa shape index (κ1) is 20.7. The largest absolute Gasteiger partial charge is 0.466 e. The maximum atomic E-state index is 12.9. The molecule has 0 unspecified atom stereocenters. The van der Waals surface area contributed by atoms with Gasteiger partial charge in [0.05, 0.1) is 37.0 Å². The molecule has 8 heteroatoms. The van der Waals surface area contributed by atoms with Crippen LogP contribution >= 0.6 is 0 Å². The van der Waals surface area contributed by atoms with E-state index in [0.29, 0.717) is 22.5 Å². The second kappa shape index (κ2) is 8.86. The monoisotopic (exact) mass is 384 g/mol. The van der Waals surface area contributed by atoms with Crippen molar-refractivity contribution in [1.82, 2.24) is 5.32 Å². The van der Waals surface area contributed by atoms with Gasteiger partial charge in [0, 0.05) is 11.4 Å². The Morgan fingerprint density at radius 1 is 1.07 bits per heavy atom. The van der Waals surface area contributed by atoms with Crippen LogP contribution < -0.4 is 5.32 Å². The first-order valence-electron chi connectivity index (χ1n) is 8.34. The predicted molar refractivity (Wildman–Crippen MR) is 97.0 cm³/mol. The number of methoxy groups -OCH3 is 2. The zero-order valence-corrected chi connectivity index (χ0v) is 16.0. The van der Waals surface area contributed by atoms with Gasteiger partial charge in [-0.1, -0.05) is 12.1 Å². The average Bonchev–Trinajstić information content (AvgIpc) is 2.70. The third-order valence-corrected chi connectivity index (χ3v) is 4.24. The summed E-state index contributed by atoms with van der Waals surface area (Å²) >= 11 is 0. The minimum Gasteiger partial charge on any atom is -0.466 e. The molecular formula is C20H20N2O6. The molecule has 0 radical (unpaired) electrons. The maximum absolute atomic E-state index is 12.9. The van der Waals surface area contributed by atoms with E-state index in [1.165, 1.54) is 14.2 Å². The Balaban J connectivity index is 2.37. The molecule has 28 heavy (non-hydrogen) atoms. The molecule has 2 rings (SSSR count). The molecule has 1 aliphatic heterocycles. The summed E-state index contributed by atoms with van der Waals surface area (Å²) in [7, 11) is 2.36. The number of rotatable bonds is 5. The van der Waals surface area contributed by atoms with Crippen LogP contribution in [0.25, 0.3) is 0 Å². The van der Waals surface area contributed by atoms with Crippen LogP contribution in [0.1, 0.15) is 25.0 Å². The number of carbonyl (C=O) groups excluding carboxylic acids is 3. The van der Waals surface area contributed by atoms with Crippen LogP contribution in [0.15, 0.2) is 46.8 Å². The van der Waals surface area contributed by atoms with Crippen molar-refractivity contribution in [1.29, 1.82) is 5.26 Å². The molecule has 1 heterocycles. The van der Waals surface area contributed by atoms with Gasteiger partial charge in [0.15, 0.2) is 0 Å². The highest BCUT2D eigenvalue weighted by Crippen LogP contribution is 2.32. The molecule has 1 N–H and O–H groups in total. The number of allylic oxidation sites excluding steroid dienone is 2. The second-order valence-electron chi connectivity index (χ2n) is 6.04. The van der Waals surface area contributed by atoms with Gasteiger partial charge in [-0.25, -0.2) is 9.59 Å². The number of ether oxygens (including phenoxy) is 3. The molecular weight excluding hydrogens is 364 g/mol. The van der Waals surface area contributed by atoms with E-state index in [9.17, 15) is 14.4 Å². The molecule has 1 aliphatic rings. The number of nitrogens with one attached hydrogen (secondary N) is 1. The van der Waals surface area contributed by atoms with E-state index in [1.807, 2.05) is 6.07 Å². The van der Waals surface area contributed by atoms with E-state index < -0.39 is 23.8 Å². The summed E-state index contributed by atoms with van der Waals surface area (Å²) in [6.07, 6.45) is 0. The lowest BCUT2D eigenvalue weighted by Crippen LogP contribution is -2.37. The fourth-order valence-electron chi connectivity index (χ4n) is 2.96. The lowest BCUT2D eigenvalue weighted by molar-refractivity contribution is -0.152. The van der Waals surface area contributed by atoms with Gasteiger partial charge < -0.3 is 19.5 Å². The van der Waals surface area contributed by atoms with Crippen molar-refractivity contribution in [2.45, 2.75) is 20.5 Å². The lowest BCUT2D eigenvalue weighted by Gasteiger charge is -2.28. The standard InChI is InChI=1S/C20H20N2O6/c1-11-15(18(23)26-3)17(16(12(2)22-11)19(24)27-4)20(25)28-10-14-7-5-6-13(8-14)9-21/h5-8,17,22H,10H2,1-4H3. The number of hydrogen-bond acceptors (Lipinski definition) is 8. The molecule has 0 saturated heterocycles. The average molecular weight is 384 g/mol. The van der Waals surface area contributed by atoms with Gasteiger partial charge >= 0.3 is 17.9 Å². The number of esters is 3. The van der Waals surface area contributed by atoms with E-state index in [0.717, 1.165) is 0 Å². The van der Waals surface area contributed by atoms with Crippen molar-refractivity contribution in [3.8, 4) is 6.07 Å². The summed E-state index contributed by atoms with van der Waals surface area (Å²) in [6, 6.07) is 8.58. The van der Waals surface area contributed by atoms with Crippen LogP contribution in [0.3, 0.4) is 0 Å². The summed E-state index contributed by atoms with van der Waals surface area (Å²) in [5.41, 5.74) is 1.73. The SMILES string of the molecule is COC(=O)C1=C(C)NC(C)=C(C(=O)OC)C1C(=O)OCc1cccc(C#N)c1. The van der Waals surface area contributed by atoms with Crippen LogP contribution in [0.2, 0.25) is 0 Å². The number of dihydropyridines is 1. The second-order valence-corrected chi connectivity index (χ2v) is 6.04. The Morgan fingerprint density at radius 2 is 1.64 bits per heavy atom. The summed E-state index contributed by atoms with van der Waals surface area (Å²) in [6.45, 7) is 3.07. The molecule has 1 aromatic carbocycles. The van der Waals surface area contributed by atoms with Crippen molar-refractivity contribution in [2.75, 3.05) is 14.2 Å². The number of nitrogens with zero attached hydrogens (tertiary/aromatic N) is 1. The van der Waals surface area contributed by atoms with Crippen molar-refractivity contribution in [3.63, 3.8) is 0 Å². The summed E-state index contributed by atoms with van der Waals surface area (Å²) in [5, 5.41) is 11.9. The van der Waals surface area contributed by atoms with Gasteiger partial charge in [-0.15, -0.1) is 0 Å². The van der Waals surface area contributed by atoms with Crippen LogP contribution in [0, 0.1) is 17.2 Å². The van der Waals surface area contributed by atoms with Crippen molar-refractivity contribution < 1.29 is 28.6 Å². The third-order valence-electron chi connectivity index (χ3n) is 4.24. The first-order chi connectivity index (χ1) is 13.3. The number of benzene rings is 1. The molecule has 0 fully saturated rings. The first-order valence-corrected chi connectivity index (χ1v) is 8.34. The van der Waals surface area contributed by atoms with E-state index in [-0.39, 0.29) is 17.8 Å². The van der Waals surface area contributed by atoms with Gasteiger partial charge in [0.1, 0.15) is 12.5 Å². The van der Waals surface area contributed by atoms with E-state index in [2.05, 4.69) is 5.32 Å². The molecule has 0 spiro atoms. The highest BCUT2D eigenvalue weighted by Gasteiger charge is 2.42. The molecule has 0 amide bonds. The van der Waals surface area contributed by atoms with E-state index in [4.69, 9.17) is 19.5 Å². The Labute approximate surface area is 162 Å². The minimum atomic E-state index is -1.29. The quantitative estimate of drug-likeness (QED) is 0.603. The molecule has 1 aromatic rings. The number of nitriles is 1. The molecule has 0 aromatic heterocycles. The number of carbonyl (C=O) groups is 3. The zero-order valence-electron chi connectivity index (χ0n) is 16.0. The summed E-state index contributed by atoms with van der Waals surface area (Å²) < 4.78 is 14.9. The predicted octanol–water partition coefficient (Wildman–Crippen LogP) is 1.71. The Kier molecular flexibility index (Phi) is 6.55. The van der Waals surface area contributed by atoms with Crippen molar-refractivity contribution in [2.24, 2.45) is 5.92 Å². The normalized spacial score (nSPS) is 14.1. The van der Waals surface area contributed by atoms with Crippen LogP contribution in [0.4, 0.5) is 0 Å². The highest BCUT2D eigenvalue weighted by atomic mass is 16.5. The summed E-state index contributed by atoms with van der Waals surface area (Å²) in [4.78, 5) is 37.4. The number of hydrogen-bond donors (Lipinski definition) is 1. The van der Waals surface area contributed by atoms with Crippen LogP contribution in [-0.4, -0.2) is 32.1 Å². The van der Waals surface area contributed by atoms with Crippen LogP contribution in [-0.2, 0) is 35.2 Å². The van der Waals surface area contributed by atoms with E-state index in [1.54, 1.807) is 38.1 Å². The Hall–Kier alpha value is -3.60. The van der Waals surface area contributed by atoms with Gasteiger partial charge in [-0.3, -0.25) is 4.79 Å². The van der Waals surface area contributed by atoms with Gasteiger partial charge in [-0.2, -0.15) is 5.26 Å². The zero-order chi connectivity index (χ0) is 20.8. The van der Waals surface area contributed by atoms with Gasteiger partial charge in [0.25, 0.3) is 0 Å². The fourth-order valence-corrected chi connectivity index (χ4v) is 2.96. The van der Waals surface area contributed by atoms with Crippen LogP contribution in [0.5, 0.6) is 0 Å². The minimum absolute atomic E-state index is 0.0238. The third kappa shape index (κ3) is 4.20. The Bertz CT molecular complexity index is 885. The molecule has 8 nitrogen and oxygen atoms in total. The summed E-state index contributed by atoms with van der Waals surface area (Å²) in [5.74, 6) is -3.61. The van der Waals surface area contributed by atoms with Crippen molar-refractivity contribution in [3.05, 3.63) is 57.9 Å². The topological polar surface area (TPSA) is 115 Å². The lowest BCUT2D eigenvalue weighted by atomic mass is 9.85. The van der Waals surface area contributed by atoms with Crippen molar-refractivity contribution >= 4 is 17.9 Å². The van der Waals surface area contributed by atoms with E-state index >= 15 is 0 Å². The molecule has 0 saturated carbocycles. The fraction of sp³-hybridized carbons (Fsp3) is 0.300. The molecule has 0 aliphatic carbocycles. The smallest absolute Gasteiger partial charge is 0.336 e. The maximum Gasteiger partial charge on any atom is 0.336 e.